The molecule has 0 bridgehead atoms. The second kappa shape index (κ2) is 5.49. The fraction of sp³-hybridized carbons (Fsp3) is 0.929. The molecule has 3 nitrogen and oxygen atoms in total. The van der Waals surface area contributed by atoms with Crippen LogP contribution >= 0.6 is 0 Å². The van der Waals surface area contributed by atoms with Gasteiger partial charge >= 0.3 is 0 Å². The van der Waals surface area contributed by atoms with Gasteiger partial charge in [-0.3, -0.25) is 4.90 Å². The summed E-state index contributed by atoms with van der Waals surface area (Å²) < 4.78 is 5.80. The zero-order chi connectivity index (χ0) is 12.3. The molecule has 2 fully saturated rings. The highest BCUT2D eigenvalue weighted by molar-refractivity contribution is 5.64. The van der Waals surface area contributed by atoms with Gasteiger partial charge in [0.25, 0.3) is 0 Å². The first kappa shape index (κ1) is 13.0. The van der Waals surface area contributed by atoms with E-state index in [1.807, 2.05) is 0 Å². The summed E-state index contributed by atoms with van der Waals surface area (Å²) in [7, 11) is 0. The lowest BCUT2D eigenvalue weighted by molar-refractivity contribution is -0.135. The Morgan fingerprint density at radius 1 is 1.29 bits per heavy atom. The van der Waals surface area contributed by atoms with Gasteiger partial charge in [-0.2, -0.15) is 0 Å². The van der Waals surface area contributed by atoms with Crippen LogP contribution in [0.3, 0.4) is 0 Å². The van der Waals surface area contributed by atoms with Gasteiger partial charge in [0.05, 0.1) is 11.6 Å². The minimum absolute atomic E-state index is 0.229. The average Bonchev–Trinajstić information content (AvgIpc) is 2.39. The molecule has 2 rings (SSSR count). The molecular formula is C14H25NO2. The smallest absolute Gasteiger partial charge is 0.140 e. The molecule has 0 spiro atoms. The maximum absolute atomic E-state index is 11.7. The highest BCUT2D eigenvalue weighted by atomic mass is 16.5. The van der Waals surface area contributed by atoms with Crippen molar-refractivity contribution in [3.63, 3.8) is 0 Å². The van der Waals surface area contributed by atoms with Gasteiger partial charge in [-0.25, -0.2) is 0 Å². The van der Waals surface area contributed by atoms with Crippen molar-refractivity contribution in [3.05, 3.63) is 0 Å². The number of hydrogen-bond donors (Lipinski definition) is 0. The first-order valence-electron chi connectivity index (χ1n) is 7.01. The van der Waals surface area contributed by atoms with Crippen LogP contribution in [0.15, 0.2) is 0 Å². The Morgan fingerprint density at radius 2 is 2.00 bits per heavy atom. The van der Waals surface area contributed by atoms with Crippen LogP contribution in [-0.4, -0.2) is 42.5 Å². The van der Waals surface area contributed by atoms with E-state index in [9.17, 15) is 4.79 Å². The van der Waals surface area contributed by atoms with Crippen molar-refractivity contribution in [3.8, 4) is 0 Å². The molecule has 0 aromatic carbocycles. The summed E-state index contributed by atoms with van der Waals surface area (Å²) in [5.41, 5.74) is -0.229. The van der Waals surface area contributed by atoms with Gasteiger partial charge in [0.2, 0.25) is 0 Å². The van der Waals surface area contributed by atoms with E-state index in [2.05, 4.69) is 18.7 Å². The zero-order valence-electron chi connectivity index (χ0n) is 11.2. The Labute approximate surface area is 105 Å². The molecule has 2 unspecified atom stereocenters. The first-order valence-corrected chi connectivity index (χ1v) is 7.01. The number of nitrogens with zero attached hydrogens (tertiary/aromatic N) is 1. The number of ether oxygens (including phenoxy) is 1. The Hall–Kier alpha value is -0.410. The fourth-order valence-corrected chi connectivity index (χ4v) is 3.13. The zero-order valence-corrected chi connectivity index (χ0v) is 11.2. The second-order valence-electron chi connectivity index (χ2n) is 5.88. The van der Waals surface area contributed by atoms with Crippen molar-refractivity contribution in [2.45, 2.75) is 57.6 Å². The lowest BCUT2D eigenvalue weighted by Crippen LogP contribution is -2.57. The van der Waals surface area contributed by atoms with Crippen LogP contribution in [0, 0.1) is 5.92 Å². The Morgan fingerprint density at radius 3 is 2.59 bits per heavy atom. The molecule has 0 amide bonds. The van der Waals surface area contributed by atoms with E-state index >= 15 is 0 Å². The minimum atomic E-state index is -0.229. The van der Waals surface area contributed by atoms with Crippen LogP contribution in [0.4, 0.5) is 0 Å². The van der Waals surface area contributed by atoms with Gasteiger partial charge < -0.3 is 9.53 Å². The number of likely N-dealkylation sites (tertiary alicyclic amines) is 1. The summed E-state index contributed by atoms with van der Waals surface area (Å²) in [5, 5.41) is 0. The molecule has 98 valence electrons. The summed E-state index contributed by atoms with van der Waals surface area (Å²) in [6.07, 6.45) is 7.00. The predicted octanol–water partition coefficient (Wildman–Crippen LogP) is 2.25. The number of hydrogen-bond acceptors (Lipinski definition) is 3. The summed E-state index contributed by atoms with van der Waals surface area (Å²) in [6.45, 7) is 7.27. The minimum Gasteiger partial charge on any atom is -0.378 e. The second-order valence-corrected chi connectivity index (χ2v) is 5.88. The first-order chi connectivity index (χ1) is 8.18. The molecule has 2 aliphatic heterocycles. The maximum Gasteiger partial charge on any atom is 0.140 e. The standard InChI is InChI=1S/C14H25NO2/c1-12(2)13-10-14(11-16,6-9-17-13)15-7-4-3-5-8-15/h11-13H,3-10H2,1-2H3. The molecule has 0 N–H and O–H groups in total. The van der Waals surface area contributed by atoms with Gasteiger partial charge in [0.15, 0.2) is 0 Å². The quantitative estimate of drug-likeness (QED) is 0.707. The molecule has 2 saturated heterocycles. The average molecular weight is 239 g/mol. The van der Waals surface area contributed by atoms with E-state index in [-0.39, 0.29) is 11.6 Å². The van der Waals surface area contributed by atoms with E-state index in [4.69, 9.17) is 4.74 Å². The van der Waals surface area contributed by atoms with Crippen molar-refractivity contribution >= 4 is 6.29 Å². The summed E-state index contributed by atoms with van der Waals surface area (Å²) >= 11 is 0. The lowest BCUT2D eigenvalue weighted by Gasteiger charge is -2.47. The van der Waals surface area contributed by atoms with Gasteiger partial charge in [0.1, 0.15) is 6.29 Å². The largest absolute Gasteiger partial charge is 0.378 e. The van der Waals surface area contributed by atoms with Gasteiger partial charge in [0, 0.05) is 6.61 Å². The van der Waals surface area contributed by atoms with Crippen LogP contribution in [0.5, 0.6) is 0 Å². The maximum atomic E-state index is 11.7. The lowest BCUT2D eigenvalue weighted by atomic mass is 9.82. The summed E-state index contributed by atoms with van der Waals surface area (Å²) in [4.78, 5) is 14.1. The summed E-state index contributed by atoms with van der Waals surface area (Å²) in [6, 6.07) is 0. The highest BCUT2D eigenvalue weighted by Gasteiger charge is 2.42. The molecule has 0 saturated carbocycles. The number of carbonyl (C=O) groups excluding carboxylic acids is 1. The topological polar surface area (TPSA) is 29.5 Å². The van der Waals surface area contributed by atoms with Crippen molar-refractivity contribution in [2.24, 2.45) is 5.92 Å². The molecule has 17 heavy (non-hydrogen) atoms. The van der Waals surface area contributed by atoms with Crippen molar-refractivity contribution < 1.29 is 9.53 Å². The number of rotatable bonds is 3. The molecular weight excluding hydrogens is 214 g/mol. The molecule has 2 atom stereocenters. The van der Waals surface area contributed by atoms with E-state index < -0.39 is 0 Å². The molecule has 2 aliphatic rings. The fourth-order valence-electron chi connectivity index (χ4n) is 3.13. The third kappa shape index (κ3) is 2.71. The van der Waals surface area contributed by atoms with E-state index in [1.165, 1.54) is 25.5 Å². The number of piperidine rings is 1. The van der Waals surface area contributed by atoms with Crippen molar-refractivity contribution in [1.29, 1.82) is 0 Å². The third-order valence-electron chi connectivity index (χ3n) is 4.37. The molecule has 0 radical (unpaired) electrons. The Bertz CT molecular complexity index is 261. The van der Waals surface area contributed by atoms with Gasteiger partial charge in [-0.05, 0) is 44.7 Å². The normalized spacial score (nSPS) is 36.1. The molecule has 0 aromatic heterocycles. The van der Waals surface area contributed by atoms with Crippen LogP contribution in [0.25, 0.3) is 0 Å². The van der Waals surface area contributed by atoms with Crippen LogP contribution in [0.1, 0.15) is 46.0 Å². The number of aldehydes is 1. The highest BCUT2D eigenvalue weighted by Crippen LogP contribution is 2.33. The van der Waals surface area contributed by atoms with E-state index in [0.717, 1.165) is 32.5 Å². The van der Waals surface area contributed by atoms with E-state index in [1.54, 1.807) is 0 Å². The van der Waals surface area contributed by atoms with Crippen molar-refractivity contribution in [2.75, 3.05) is 19.7 Å². The Kier molecular flexibility index (Phi) is 4.21. The van der Waals surface area contributed by atoms with Gasteiger partial charge in [-0.1, -0.05) is 20.3 Å². The molecule has 2 heterocycles. The van der Waals surface area contributed by atoms with Gasteiger partial charge in [-0.15, -0.1) is 0 Å². The SMILES string of the molecule is CC(C)C1CC(C=O)(N2CCCCC2)CCO1. The third-order valence-corrected chi connectivity index (χ3v) is 4.37. The Balaban J connectivity index is 2.09. The molecule has 0 aliphatic carbocycles. The molecule has 0 aromatic rings. The summed E-state index contributed by atoms with van der Waals surface area (Å²) in [5.74, 6) is 0.499. The van der Waals surface area contributed by atoms with Crippen LogP contribution < -0.4 is 0 Å². The number of carbonyl (C=O) groups is 1. The van der Waals surface area contributed by atoms with Crippen molar-refractivity contribution in [1.82, 2.24) is 4.90 Å². The van der Waals surface area contributed by atoms with Crippen LogP contribution in [0.2, 0.25) is 0 Å². The predicted molar refractivity (Wildman–Crippen MR) is 68.0 cm³/mol. The van der Waals surface area contributed by atoms with E-state index in [0.29, 0.717) is 5.92 Å². The molecule has 3 heteroatoms. The monoisotopic (exact) mass is 239 g/mol. The van der Waals surface area contributed by atoms with Crippen LogP contribution in [-0.2, 0) is 9.53 Å².